The van der Waals surface area contributed by atoms with Gasteiger partial charge < -0.3 is 0 Å². The number of hydrogen-bond acceptors (Lipinski definition) is 1. The monoisotopic (exact) mass is 426 g/mol. The highest BCUT2D eigenvalue weighted by molar-refractivity contribution is 7.80. The number of hydrogen-bond donors (Lipinski definition) is 1. The summed E-state index contributed by atoms with van der Waals surface area (Å²) in [6, 6.07) is 0. The Morgan fingerprint density at radius 2 is 0.793 bits per heavy atom. The van der Waals surface area contributed by atoms with Crippen molar-refractivity contribution >= 4 is 12.6 Å². The van der Waals surface area contributed by atoms with Crippen LogP contribution in [0.5, 0.6) is 0 Å². The van der Waals surface area contributed by atoms with Crippen molar-refractivity contribution in [2.75, 3.05) is 0 Å². The van der Waals surface area contributed by atoms with Crippen LogP contribution in [-0.2, 0) is 0 Å². The average Bonchev–Trinajstić information content (AvgIpc) is 2.71. The molecule has 0 amide bonds. The number of rotatable bonds is 24. The van der Waals surface area contributed by atoms with E-state index in [-0.39, 0.29) is 0 Å². The minimum absolute atomic E-state index is 0.574. The normalized spacial score (nSPS) is 13.7. The van der Waals surface area contributed by atoms with Crippen LogP contribution in [0.15, 0.2) is 0 Å². The quantitative estimate of drug-likeness (QED) is 0.115. The van der Waals surface area contributed by atoms with Crippen molar-refractivity contribution in [1.82, 2.24) is 0 Å². The maximum atomic E-state index is 4.56. The second-order valence-corrected chi connectivity index (χ2v) is 10.7. The van der Waals surface area contributed by atoms with Crippen molar-refractivity contribution in [1.29, 1.82) is 0 Å². The summed E-state index contributed by atoms with van der Waals surface area (Å²) < 4.78 is 0. The van der Waals surface area contributed by atoms with Crippen LogP contribution in [0.25, 0.3) is 0 Å². The Hall–Kier alpha value is 0.350. The molecule has 0 saturated carbocycles. The maximum absolute atomic E-state index is 4.56. The maximum Gasteiger partial charge on any atom is -0.000896 e. The van der Waals surface area contributed by atoms with E-state index in [0.717, 1.165) is 5.92 Å². The Balaban J connectivity index is 3.11. The largest absolute Gasteiger partial charge is 0.176 e. The van der Waals surface area contributed by atoms with Gasteiger partial charge in [0.2, 0.25) is 0 Å². The second-order valence-electron chi connectivity index (χ2n) is 9.87. The molecule has 2 atom stereocenters. The van der Waals surface area contributed by atoms with E-state index in [1.165, 1.54) is 148 Å². The summed E-state index contributed by atoms with van der Waals surface area (Å²) in [6.45, 7) is 6.89. The fourth-order valence-corrected chi connectivity index (χ4v) is 4.96. The van der Waals surface area contributed by atoms with Crippen LogP contribution in [0.1, 0.15) is 168 Å². The fourth-order valence-electron chi connectivity index (χ4n) is 4.66. The van der Waals surface area contributed by atoms with E-state index in [4.69, 9.17) is 0 Å². The Morgan fingerprint density at radius 3 is 1.07 bits per heavy atom. The number of thiol groups is 1. The molecule has 29 heavy (non-hydrogen) atoms. The van der Waals surface area contributed by atoms with Gasteiger partial charge in [0.25, 0.3) is 0 Å². The van der Waals surface area contributed by atoms with Crippen LogP contribution in [-0.4, -0.2) is 5.25 Å². The highest BCUT2D eigenvalue weighted by Gasteiger charge is 2.08. The van der Waals surface area contributed by atoms with Crippen molar-refractivity contribution in [3.05, 3.63) is 0 Å². The van der Waals surface area contributed by atoms with Crippen LogP contribution in [0.4, 0.5) is 0 Å². The molecule has 0 nitrogen and oxygen atoms in total. The van der Waals surface area contributed by atoms with Crippen molar-refractivity contribution in [2.45, 2.75) is 174 Å². The second kappa shape index (κ2) is 24.6. The standard InChI is InChI=1S/C28H58S/c1-4-6-7-8-9-10-11-12-13-14-15-16-17-18-19-20-21-22-23-24-25-28(5-2)26-27(3)29/h27-29H,4-26H2,1-3H3. The molecule has 0 saturated heterocycles. The zero-order valence-electron chi connectivity index (χ0n) is 20.9. The van der Waals surface area contributed by atoms with Crippen molar-refractivity contribution in [2.24, 2.45) is 5.92 Å². The van der Waals surface area contributed by atoms with Gasteiger partial charge in [-0.25, -0.2) is 0 Å². The minimum atomic E-state index is 0.574. The van der Waals surface area contributed by atoms with Gasteiger partial charge in [-0.2, -0.15) is 12.6 Å². The summed E-state index contributed by atoms with van der Waals surface area (Å²) in [7, 11) is 0. The van der Waals surface area contributed by atoms with E-state index in [2.05, 4.69) is 33.4 Å². The van der Waals surface area contributed by atoms with Gasteiger partial charge in [-0.15, -0.1) is 0 Å². The molecule has 0 spiro atoms. The summed E-state index contributed by atoms with van der Waals surface area (Å²) in [5, 5.41) is 0.574. The highest BCUT2D eigenvalue weighted by atomic mass is 32.1. The predicted molar refractivity (Wildman–Crippen MR) is 139 cm³/mol. The molecule has 0 rings (SSSR count). The van der Waals surface area contributed by atoms with Gasteiger partial charge >= 0.3 is 0 Å². The van der Waals surface area contributed by atoms with E-state index in [1.807, 2.05) is 0 Å². The van der Waals surface area contributed by atoms with Gasteiger partial charge in [0.05, 0.1) is 0 Å². The first kappa shape index (κ1) is 29.4. The first-order chi connectivity index (χ1) is 14.2. The topological polar surface area (TPSA) is 0 Å². The highest BCUT2D eigenvalue weighted by Crippen LogP contribution is 2.22. The molecule has 0 fully saturated rings. The van der Waals surface area contributed by atoms with Crippen LogP contribution in [0.2, 0.25) is 0 Å². The van der Waals surface area contributed by atoms with E-state index in [9.17, 15) is 0 Å². The first-order valence-corrected chi connectivity index (χ1v) is 14.4. The summed E-state index contributed by atoms with van der Waals surface area (Å²) in [5.74, 6) is 0.915. The zero-order valence-corrected chi connectivity index (χ0v) is 21.8. The molecular formula is C28H58S. The lowest BCUT2D eigenvalue weighted by Gasteiger charge is -2.16. The van der Waals surface area contributed by atoms with Crippen LogP contribution in [0.3, 0.4) is 0 Å². The van der Waals surface area contributed by atoms with Gasteiger partial charge in [-0.3, -0.25) is 0 Å². The Morgan fingerprint density at radius 1 is 0.483 bits per heavy atom. The van der Waals surface area contributed by atoms with Crippen LogP contribution >= 0.6 is 12.6 Å². The molecule has 0 aromatic carbocycles. The molecule has 0 aliphatic rings. The predicted octanol–water partition coefficient (Wildman–Crippen LogP) is 10.9. The third-order valence-corrected chi connectivity index (χ3v) is 6.93. The molecule has 0 aromatic heterocycles. The minimum Gasteiger partial charge on any atom is -0.176 e. The molecule has 0 bridgehead atoms. The molecule has 0 heterocycles. The lowest BCUT2D eigenvalue weighted by molar-refractivity contribution is 0.412. The SMILES string of the molecule is CCCCCCCCCCCCCCCCCCCCCCC(CC)CC(C)S. The third-order valence-electron chi connectivity index (χ3n) is 6.72. The van der Waals surface area contributed by atoms with E-state index in [0.29, 0.717) is 5.25 Å². The lowest BCUT2D eigenvalue weighted by Crippen LogP contribution is -2.05. The van der Waals surface area contributed by atoms with Gasteiger partial charge in [0.1, 0.15) is 0 Å². The molecule has 0 aliphatic carbocycles. The number of unbranched alkanes of at least 4 members (excludes halogenated alkanes) is 19. The van der Waals surface area contributed by atoms with Gasteiger partial charge in [0, 0.05) is 0 Å². The molecule has 0 radical (unpaired) electrons. The fraction of sp³-hybridized carbons (Fsp3) is 1.00. The molecule has 176 valence electrons. The molecule has 0 aromatic rings. The first-order valence-electron chi connectivity index (χ1n) is 13.9. The van der Waals surface area contributed by atoms with Crippen LogP contribution < -0.4 is 0 Å². The van der Waals surface area contributed by atoms with E-state index in [1.54, 1.807) is 0 Å². The van der Waals surface area contributed by atoms with E-state index >= 15 is 0 Å². The van der Waals surface area contributed by atoms with Crippen LogP contribution in [0, 0.1) is 5.92 Å². The molecule has 0 N–H and O–H groups in total. The van der Waals surface area contributed by atoms with Gasteiger partial charge in [-0.05, 0) is 17.6 Å². The lowest BCUT2D eigenvalue weighted by atomic mass is 9.93. The Kier molecular flexibility index (Phi) is 24.9. The Bertz CT molecular complexity index is 286. The Labute approximate surface area is 192 Å². The summed E-state index contributed by atoms with van der Waals surface area (Å²) in [6.07, 6.45) is 33.5. The molecule has 0 aliphatic heterocycles. The van der Waals surface area contributed by atoms with Crippen molar-refractivity contribution in [3.63, 3.8) is 0 Å². The van der Waals surface area contributed by atoms with E-state index < -0.39 is 0 Å². The molecular weight excluding hydrogens is 368 g/mol. The third kappa shape index (κ3) is 24.5. The van der Waals surface area contributed by atoms with Gasteiger partial charge in [-0.1, -0.05) is 162 Å². The molecule has 1 heteroatoms. The van der Waals surface area contributed by atoms with Crippen molar-refractivity contribution in [3.8, 4) is 0 Å². The molecule has 2 unspecified atom stereocenters. The zero-order chi connectivity index (χ0) is 21.4. The van der Waals surface area contributed by atoms with Gasteiger partial charge in [0.15, 0.2) is 0 Å². The summed E-state index contributed by atoms with van der Waals surface area (Å²) in [4.78, 5) is 0. The average molecular weight is 427 g/mol. The van der Waals surface area contributed by atoms with Crippen molar-refractivity contribution < 1.29 is 0 Å². The summed E-state index contributed by atoms with van der Waals surface area (Å²) in [5.41, 5.74) is 0. The smallest absolute Gasteiger partial charge is 0.000896 e. The summed E-state index contributed by atoms with van der Waals surface area (Å²) >= 11 is 4.56.